The topological polar surface area (TPSA) is 66.0 Å². The van der Waals surface area contributed by atoms with Crippen molar-refractivity contribution in [2.45, 2.75) is 6.42 Å². The lowest BCUT2D eigenvalue weighted by molar-refractivity contribution is -0.131. The number of carboxylic acids is 1. The largest absolute Gasteiger partial charge is 0.478 e. The molecule has 0 unspecified atom stereocenters. The minimum Gasteiger partial charge on any atom is -0.478 e. The molecule has 0 saturated carbocycles. The van der Waals surface area contributed by atoms with Crippen LogP contribution in [0.4, 0.5) is 0 Å². The lowest BCUT2D eigenvalue weighted by Gasteiger charge is -1.95. The Morgan fingerprint density at radius 3 is 3.20 bits per heavy atom. The van der Waals surface area contributed by atoms with E-state index in [2.05, 4.69) is 9.97 Å². The molecule has 0 atom stereocenters. The molecule has 1 heterocycles. The molecular formula is C11H10N2O2. The van der Waals surface area contributed by atoms with Gasteiger partial charge in [-0.05, 0) is 24.1 Å². The van der Waals surface area contributed by atoms with E-state index in [1.54, 1.807) is 12.4 Å². The van der Waals surface area contributed by atoms with Gasteiger partial charge in [-0.2, -0.15) is 0 Å². The van der Waals surface area contributed by atoms with E-state index in [-0.39, 0.29) is 0 Å². The maximum absolute atomic E-state index is 10.3. The molecule has 1 aromatic carbocycles. The van der Waals surface area contributed by atoms with Crippen LogP contribution in [0.25, 0.3) is 11.0 Å². The van der Waals surface area contributed by atoms with Gasteiger partial charge < -0.3 is 10.1 Å². The van der Waals surface area contributed by atoms with Gasteiger partial charge in [-0.3, -0.25) is 0 Å². The number of carbonyl (C=O) groups is 1. The Morgan fingerprint density at radius 2 is 2.40 bits per heavy atom. The van der Waals surface area contributed by atoms with E-state index >= 15 is 0 Å². The third-order valence-corrected chi connectivity index (χ3v) is 2.10. The molecule has 2 aromatic rings. The van der Waals surface area contributed by atoms with E-state index in [4.69, 9.17) is 5.11 Å². The van der Waals surface area contributed by atoms with Crippen molar-refractivity contribution in [2.75, 3.05) is 0 Å². The van der Waals surface area contributed by atoms with Crippen LogP contribution in [0.3, 0.4) is 0 Å². The third-order valence-electron chi connectivity index (χ3n) is 2.10. The van der Waals surface area contributed by atoms with Crippen molar-refractivity contribution in [3.8, 4) is 0 Å². The molecule has 0 aliphatic heterocycles. The van der Waals surface area contributed by atoms with Gasteiger partial charge in [0.1, 0.15) is 0 Å². The predicted molar refractivity (Wildman–Crippen MR) is 56.6 cm³/mol. The number of aliphatic carboxylic acids is 1. The Hall–Kier alpha value is -2.10. The number of fused-ring (bicyclic) bond motifs is 1. The zero-order valence-electron chi connectivity index (χ0n) is 7.97. The van der Waals surface area contributed by atoms with Crippen LogP contribution in [0.1, 0.15) is 5.56 Å². The third kappa shape index (κ3) is 2.22. The van der Waals surface area contributed by atoms with Gasteiger partial charge >= 0.3 is 5.97 Å². The Bertz CT molecular complexity index is 514. The summed E-state index contributed by atoms with van der Waals surface area (Å²) < 4.78 is 0. The number of aromatic nitrogens is 2. The number of allylic oxidation sites excluding steroid dienone is 1. The van der Waals surface area contributed by atoms with Gasteiger partial charge in [0.25, 0.3) is 0 Å². The van der Waals surface area contributed by atoms with Gasteiger partial charge in [-0.15, -0.1) is 0 Å². The summed E-state index contributed by atoms with van der Waals surface area (Å²) in [5, 5.41) is 8.43. The highest BCUT2D eigenvalue weighted by molar-refractivity contribution is 5.79. The number of hydrogen-bond acceptors (Lipinski definition) is 2. The van der Waals surface area contributed by atoms with E-state index in [0.717, 1.165) is 22.7 Å². The number of benzene rings is 1. The van der Waals surface area contributed by atoms with Crippen molar-refractivity contribution in [2.24, 2.45) is 0 Å². The van der Waals surface area contributed by atoms with Crippen LogP contribution in [0.2, 0.25) is 0 Å². The fraction of sp³-hybridized carbons (Fsp3) is 0.0909. The number of hydrogen-bond donors (Lipinski definition) is 2. The molecule has 0 aliphatic rings. The number of nitrogens with zero attached hydrogens (tertiary/aromatic N) is 1. The smallest absolute Gasteiger partial charge is 0.327 e. The molecule has 0 spiro atoms. The van der Waals surface area contributed by atoms with Gasteiger partial charge in [-0.1, -0.05) is 12.1 Å². The van der Waals surface area contributed by atoms with Crippen LogP contribution >= 0.6 is 0 Å². The van der Waals surface area contributed by atoms with Crippen molar-refractivity contribution in [1.82, 2.24) is 9.97 Å². The zero-order chi connectivity index (χ0) is 10.7. The van der Waals surface area contributed by atoms with Crippen LogP contribution in [-0.2, 0) is 11.2 Å². The average Bonchev–Trinajstić information content (AvgIpc) is 2.64. The number of rotatable bonds is 3. The van der Waals surface area contributed by atoms with Gasteiger partial charge in [0, 0.05) is 6.08 Å². The summed E-state index contributed by atoms with van der Waals surface area (Å²) in [5.41, 5.74) is 2.95. The second-order valence-corrected chi connectivity index (χ2v) is 3.20. The Kier molecular flexibility index (Phi) is 2.49. The van der Waals surface area contributed by atoms with E-state index in [9.17, 15) is 4.79 Å². The number of imidazole rings is 1. The van der Waals surface area contributed by atoms with Crippen LogP contribution in [-0.4, -0.2) is 21.0 Å². The molecule has 4 heteroatoms. The first-order valence-electron chi connectivity index (χ1n) is 4.57. The summed E-state index contributed by atoms with van der Waals surface area (Å²) in [7, 11) is 0. The summed E-state index contributed by atoms with van der Waals surface area (Å²) in [6.45, 7) is 0. The maximum Gasteiger partial charge on any atom is 0.327 e. The minimum atomic E-state index is -0.919. The normalized spacial score (nSPS) is 11.2. The number of H-pyrrole nitrogens is 1. The van der Waals surface area contributed by atoms with Crippen molar-refractivity contribution in [3.63, 3.8) is 0 Å². The van der Waals surface area contributed by atoms with E-state index in [1.807, 2.05) is 18.2 Å². The average molecular weight is 202 g/mol. The summed E-state index contributed by atoms with van der Waals surface area (Å²) in [6.07, 6.45) is 5.03. The maximum atomic E-state index is 10.3. The van der Waals surface area contributed by atoms with Crippen molar-refractivity contribution < 1.29 is 9.90 Å². The fourth-order valence-corrected chi connectivity index (χ4v) is 1.41. The van der Waals surface area contributed by atoms with Gasteiger partial charge in [0.05, 0.1) is 17.4 Å². The summed E-state index contributed by atoms with van der Waals surface area (Å²) in [4.78, 5) is 17.4. The highest BCUT2D eigenvalue weighted by Gasteiger charge is 1.96. The second kappa shape index (κ2) is 3.96. The number of carboxylic acid groups (broad SMARTS) is 1. The monoisotopic (exact) mass is 202 g/mol. The Morgan fingerprint density at radius 1 is 1.53 bits per heavy atom. The SMILES string of the molecule is O=C(O)/C=C/Cc1ccc2nc[nH]c2c1. The van der Waals surface area contributed by atoms with E-state index < -0.39 is 5.97 Å². The summed E-state index contributed by atoms with van der Waals surface area (Å²) in [5.74, 6) is -0.919. The van der Waals surface area contributed by atoms with Gasteiger partial charge in [0.2, 0.25) is 0 Å². The Balaban J connectivity index is 2.18. The molecule has 0 radical (unpaired) electrons. The quantitative estimate of drug-likeness (QED) is 0.745. The molecule has 2 N–H and O–H groups in total. The zero-order valence-corrected chi connectivity index (χ0v) is 7.97. The standard InChI is InChI=1S/C11H10N2O2/c14-11(15)3-1-2-8-4-5-9-10(6-8)13-7-12-9/h1,3-7H,2H2,(H,12,13)(H,14,15)/b3-1+. The molecule has 1 aromatic heterocycles. The number of aromatic amines is 1. The van der Waals surface area contributed by atoms with Crippen molar-refractivity contribution >= 4 is 17.0 Å². The first-order chi connectivity index (χ1) is 7.25. The van der Waals surface area contributed by atoms with Gasteiger partial charge in [-0.25, -0.2) is 9.78 Å². The molecule has 0 bridgehead atoms. The molecule has 15 heavy (non-hydrogen) atoms. The first kappa shape index (κ1) is 9.45. The molecule has 76 valence electrons. The van der Waals surface area contributed by atoms with E-state index in [0.29, 0.717) is 6.42 Å². The molecule has 0 amide bonds. The van der Waals surface area contributed by atoms with Gasteiger partial charge in [0.15, 0.2) is 0 Å². The second-order valence-electron chi connectivity index (χ2n) is 3.20. The molecule has 0 aliphatic carbocycles. The molecule has 0 fully saturated rings. The van der Waals surface area contributed by atoms with Crippen LogP contribution < -0.4 is 0 Å². The van der Waals surface area contributed by atoms with Crippen LogP contribution in [0.5, 0.6) is 0 Å². The molecule has 0 saturated heterocycles. The lowest BCUT2D eigenvalue weighted by Crippen LogP contribution is -1.87. The first-order valence-corrected chi connectivity index (χ1v) is 4.57. The summed E-state index contributed by atoms with van der Waals surface area (Å²) >= 11 is 0. The van der Waals surface area contributed by atoms with Crippen LogP contribution in [0, 0.1) is 0 Å². The molecule has 2 rings (SSSR count). The minimum absolute atomic E-state index is 0.612. The highest BCUT2D eigenvalue weighted by Crippen LogP contribution is 2.12. The highest BCUT2D eigenvalue weighted by atomic mass is 16.4. The Labute approximate surface area is 86.3 Å². The lowest BCUT2D eigenvalue weighted by atomic mass is 10.1. The van der Waals surface area contributed by atoms with Crippen molar-refractivity contribution in [3.05, 3.63) is 42.2 Å². The summed E-state index contributed by atoms with van der Waals surface area (Å²) in [6, 6.07) is 5.82. The number of nitrogens with one attached hydrogen (secondary N) is 1. The fourth-order valence-electron chi connectivity index (χ4n) is 1.41. The van der Waals surface area contributed by atoms with E-state index in [1.165, 1.54) is 0 Å². The van der Waals surface area contributed by atoms with Crippen molar-refractivity contribution in [1.29, 1.82) is 0 Å². The molecule has 4 nitrogen and oxygen atoms in total. The predicted octanol–water partition coefficient (Wildman–Crippen LogP) is 1.75. The molecular weight excluding hydrogens is 192 g/mol. The van der Waals surface area contributed by atoms with Crippen LogP contribution in [0.15, 0.2) is 36.7 Å².